The number of nitrogens with zero attached hydrogens (tertiary/aromatic N) is 4. The van der Waals surface area contributed by atoms with Gasteiger partial charge < -0.3 is 15.1 Å². The second-order valence-corrected chi connectivity index (χ2v) is 5.61. The molecule has 0 aliphatic carbocycles. The van der Waals surface area contributed by atoms with E-state index in [1.807, 2.05) is 17.9 Å². The van der Waals surface area contributed by atoms with Gasteiger partial charge in [0.05, 0.1) is 0 Å². The van der Waals surface area contributed by atoms with Crippen molar-refractivity contribution < 1.29 is 4.79 Å². The second kappa shape index (κ2) is 6.74. The van der Waals surface area contributed by atoms with Crippen LogP contribution in [0.3, 0.4) is 0 Å². The van der Waals surface area contributed by atoms with E-state index in [4.69, 9.17) is 0 Å². The molecule has 0 aromatic carbocycles. The zero-order valence-electron chi connectivity index (χ0n) is 13.4. The van der Waals surface area contributed by atoms with E-state index in [1.54, 1.807) is 6.92 Å². The van der Waals surface area contributed by atoms with Crippen molar-refractivity contribution in [3.8, 4) is 0 Å². The smallest absolute Gasteiger partial charge is 0.219 e. The largest absolute Gasteiger partial charge is 0.367 e. The van der Waals surface area contributed by atoms with E-state index in [0.29, 0.717) is 6.04 Å². The first-order valence-electron chi connectivity index (χ1n) is 7.62. The van der Waals surface area contributed by atoms with Gasteiger partial charge in [0.1, 0.15) is 17.5 Å². The Hall–Kier alpha value is -1.85. The average molecular weight is 291 g/mol. The van der Waals surface area contributed by atoms with Crippen molar-refractivity contribution in [3.63, 3.8) is 0 Å². The van der Waals surface area contributed by atoms with Crippen LogP contribution in [0.4, 0.5) is 11.6 Å². The first-order valence-corrected chi connectivity index (χ1v) is 7.62. The van der Waals surface area contributed by atoms with Crippen molar-refractivity contribution in [2.24, 2.45) is 0 Å². The Balaban J connectivity index is 2.08. The van der Waals surface area contributed by atoms with Crippen molar-refractivity contribution in [2.45, 2.75) is 40.2 Å². The molecule has 6 heteroatoms. The van der Waals surface area contributed by atoms with Gasteiger partial charge in [0, 0.05) is 45.2 Å². The normalized spacial score (nSPS) is 16.8. The van der Waals surface area contributed by atoms with Crippen molar-refractivity contribution in [1.82, 2.24) is 14.9 Å². The number of amides is 1. The van der Waals surface area contributed by atoms with E-state index in [-0.39, 0.29) is 5.91 Å². The molecule has 1 fully saturated rings. The molecule has 1 amide bonds. The van der Waals surface area contributed by atoms with Gasteiger partial charge in [-0.1, -0.05) is 6.92 Å². The molecule has 21 heavy (non-hydrogen) atoms. The lowest BCUT2D eigenvalue weighted by molar-refractivity contribution is -0.129. The third kappa shape index (κ3) is 4.06. The van der Waals surface area contributed by atoms with Crippen molar-refractivity contribution >= 4 is 17.5 Å². The monoisotopic (exact) mass is 291 g/mol. The van der Waals surface area contributed by atoms with Gasteiger partial charge in [0.25, 0.3) is 0 Å². The zero-order chi connectivity index (χ0) is 15.4. The maximum absolute atomic E-state index is 11.4. The highest BCUT2D eigenvalue weighted by Crippen LogP contribution is 2.18. The van der Waals surface area contributed by atoms with Gasteiger partial charge in [0.2, 0.25) is 5.91 Å². The number of rotatable bonds is 4. The topological polar surface area (TPSA) is 61.4 Å². The molecule has 1 aliphatic rings. The van der Waals surface area contributed by atoms with Crippen LogP contribution < -0.4 is 10.2 Å². The van der Waals surface area contributed by atoms with Gasteiger partial charge in [-0.15, -0.1) is 0 Å². The minimum absolute atomic E-state index is 0.146. The fraction of sp³-hybridized carbons (Fsp3) is 0.667. The molecule has 1 aliphatic heterocycles. The second-order valence-electron chi connectivity index (χ2n) is 5.61. The van der Waals surface area contributed by atoms with Gasteiger partial charge in [0.15, 0.2) is 0 Å². The van der Waals surface area contributed by atoms with Gasteiger partial charge in [-0.25, -0.2) is 9.97 Å². The number of carbonyl (C=O) groups excluding carboxylic acids is 1. The number of aryl methyl sites for hydroxylation is 1. The summed E-state index contributed by atoms with van der Waals surface area (Å²) in [5.74, 6) is 2.73. The highest BCUT2D eigenvalue weighted by Gasteiger charge is 2.20. The lowest BCUT2D eigenvalue weighted by Crippen LogP contribution is -2.48. The van der Waals surface area contributed by atoms with E-state index in [2.05, 4.69) is 34.0 Å². The van der Waals surface area contributed by atoms with Crippen LogP contribution in [0.1, 0.15) is 33.0 Å². The number of anilines is 2. The SMILES string of the molecule is CCC(C)Nc1cc(N2CCN(C(C)=O)CC2)nc(C)n1. The number of nitrogens with one attached hydrogen (secondary N) is 1. The fourth-order valence-corrected chi connectivity index (χ4v) is 2.39. The Morgan fingerprint density at radius 1 is 1.33 bits per heavy atom. The summed E-state index contributed by atoms with van der Waals surface area (Å²) in [6.45, 7) is 11.0. The van der Waals surface area contributed by atoms with Crippen LogP contribution in [-0.2, 0) is 4.79 Å². The van der Waals surface area contributed by atoms with Crippen LogP contribution in [0, 0.1) is 6.92 Å². The predicted octanol–water partition coefficient (Wildman–Crippen LogP) is 1.66. The van der Waals surface area contributed by atoms with E-state index in [9.17, 15) is 4.79 Å². The summed E-state index contributed by atoms with van der Waals surface area (Å²) < 4.78 is 0. The average Bonchev–Trinajstić information content (AvgIpc) is 2.46. The molecule has 2 heterocycles. The summed E-state index contributed by atoms with van der Waals surface area (Å²) in [6, 6.07) is 2.39. The first kappa shape index (κ1) is 15.5. The Labute approximate surface area is 126 Å². The molecule has 116 valence electrons. The molecule has 1 aromatic rings. The Kier molecular flexibility index (Phi) is 4.98. The number of hydrogen-bond donors (Lipinski definition) is 1. The van der Waals surface area contributed by atoms with Crippen molar-refractivity contribution in [3.05, 3.63) is 11.9 Å². The molecule has 0 radical (unpaired) electrons. The zero-order valence-corrected chi connectivity index (χ0v) is 13.4. The van der Waals surface area contributed by atoms with Gasteiger partial charge >= 0.3 is 0 Å². The van der Waals surface area contributed by atoms with E-state index in [1.165, 1.54) is 0 Å². The number of piperazine rings is 1. The Morgan fingerprint density at radius 2 is 2.00 bits per heavy atom. The van der Waals surface area contributed by atoms with E-state index >= 15 is 0 Å². The first-order chi connectivity index (χ1) is 9.99. The molecule has 1 atom stereocenters. The standard InChI is InChI=1S/C15H25N5O/c1-5-11(2)16-14-10-15(18-12(3)17-14)20-8-6-19(7-9-20)13(4)21/h10-11H,5-9H2,1-4H3,(H,16,17,18). The highest BCUT2D eigenvalue weighted by molar-refractivity contribution is 5.73. The van der Waals surface area contributed by atoms with Crippen molar-refractivity contribution in [1.29, 1.82) is 0 Å². The third-order valence-corrected chi connectivity index (χ3v) is 3.88. The highest BCUT2D eigenvalue weighted by atomic mass is 16.2. The summed E-state index contributed by atoms with van der Waals surface area (Å²) in [5, 5.41) is 3.40. The molecule has 2 rings (SSSR count). The molecule has 1 saturated heterocycles. The summed E-state index contributed by atoms with van der Waals surface area (Å²) >= 11 is 0. The third-order valence-electron chi connectivity index (χ3n) is 3.88. The lowest BCUT2D eigenvalue weighted by atomic mass is 10.2. The van der Waals surface area contributed by atoms with Crippen LogP contribution in [0.2, 0.25) is 0 Å². The van der Waals surface area contributed by atoms with Crippen LogP contribution in [-0.4, -0.2) is 53.0 Å². The van der Waals surface area contributed by atoms with Crippen LogP contribution in [0.15, 0.2) is 6.07 Å². The van der Waals surface area contributed by atoms with Gasteiger partial charge in [-0.3, -0.25) is 4.79 Å². The summed E-state index contributed by atoms with van der Waals surface area (Å²) in [5.41, 5.74) is 0. The lowest BCUT2D eigenvalue weighted by Gasteiger charge is -2.35. The summed E-state index contributed by atoms with van der Waals surface area (Å²) in [4.78, 5) is 24.5. The van der Waals surface area contributed by atoms with Crippen LogP contribution in [0.5, 0.6) is 0 Å². The number of hydrogen-bond acceptors (Lipinski definition) is 5. The van der Waals surface area contributed by atoms with Gasteiger partial charge in [-0.05, 0) is 20.3 Å². The minimum atomic E-state index is 0.146. The quantitative estimate of drug-likeness (QED) is 0.914. The number of aromatic nitrogens is 2. The summed E-state index contributed by atoms with van der Waals surface area (Å²) in [6.07, 6.45) is 1.05. The molecule has 0 spiro atoms. The summed E-state index contributed by atoms with van der Waals surface area (Å²) in [7, 11) is 0. The van der Waals surface area contributed by atoms with Gasteiger partial charge in [-0.2, -0.15) is 0 Å². The van der Waals surface area contributed by atoms with E-state index < -0.39 is 0 Å². The Bertz CT molecular complexity index is 497. The molecule has 0 bridgehead atoms. The minimum Gasteiger partial charge on any atom is -0.367 e. The molecular weight excluding hydrogens is 266 g/mol. The van der Waals surface area contributed by atoms with Crippen molar-refractivity contribution in [2.75, 3.05) is 36.4 Å². The molecule has 1 unspecified atom stereocenters. The van der Waals surface area contributed by atoms with Crippen LogP contribution in [0.25, 0.3) is 0 Å². The fourth-order valence-electron chi connectivity index (χ4n) is 2.39. The molecular formula is C15H25N5O. The molecule has 1 aromatic heterocycles. The number of carbonyl (C=O) groups is 1. The Morgan fingerprint density at radius 3 is 2.57 bits per heavy atom. The maximum atomic E-state index is 11.4. The molecule has 1 N–H and O–H groups in total. The predicted molar refractivity (Wildman–Crippen MR) is 84.6 cm³/mol. The van der Waals surface area contributed by atoms with E-state index in [0.717, 1.165) is 50.1 Å². The molecule has 0 saturated carbocycles. The van der Waals surface area contributed by atoms with Crippen LogP contribution >= 0.6 is 0 Å². The molecule has 6 nitrogen and oxygen atoms in total. The maximum Gasteiger partial charge on any atom is 0.219 e.